The van der Waals surface area contributed by atoms with E-state index in [9.17, 15) is 23.1 Å². The molecule has 0 aliphatic rings. The molecule has 0 bridgehead atoms. The van der Waals surface area contributed by atoms with Gasteiger partial charge in [0.25, 0.3) is 0 Å². The van der Waals surface area contributed by atoms with Gasteiger partial charge >= 0.3 is 12.1 Å². The van der Waals surface area contributed by atoms with Gasteiger partial charge in [0.15, 0.2) is 0 Å². The lowest BCUT2D eigenvalue weighted by molar-refractivity contribution is -0.141. The molecule has 7 heteroatoms. The van der Waals surface area contributed by atoms with Gasteiger partial charge in [-0.15, -0.1) is 0 Å². The van der Waals surface area contributed by atoms with Gasteiger partial charge in [0, 0.05) is 0 Å². The van der Waals surface area contributed by atoms with Crippen molar-refractivity contribution in [1.29, 1.82) is 0 Å². The van der Waals surface area contributed by atoms with Crippen LogP contribution in [0.2, 0.25) is 0 Å². The number of hydrogen-bond acceptors (Lipinski definition) is 3. The maximum absolute atomic E-state index is 12.2. The third kappa shape index (κ3) is 8.12. The average Bonchev–Trinajstić information content (AvgIpc) is 2.49. The number of carboxylic acid groups (broad SMARTS) is 1. The molecule has 0 fully saturated rings. The predicted molar refractivity (Wildman–Crippen MR) is 84.5 cm³/mol. The number of carboxylic acids is 1. The molecule has 0 heterocycles. The van der Waals surface area contributed by atoms with Gasteiger partial charge in [-0.05, 0) is 36.8 Å². The quantitative estimate of drug-likeness (QED) is 0.601. The molecule has 0 aromatic heterocycles. The standard InChI is InChI=1S/C17H22F3NO3/c18-17(19,20)11-13-9-7-12(8-10-13)5-3-1-2-4-6-14(22)15(21)16(23)24/h1-2,7-10,14-15,22H,3-6,11,21H2,(H,23,24)/b2-1+. The van der Waals surface area contributed by atoms with Crippen molar-refractivity contribution in [1.82, 2.24) is 0 Å². The van der Waals surface area contributed by atoms with Gasteiger partial charge in [0.05, 0.1) is 12.5 Å². The summed E-state index contributed by atoms with van der Waals surface area (Å²) in [5.74, 6) is -1.24. The average molecular weight is 345 g/mol. The number of aliphatic hydroxyl groups is 1. The third-order valence-electron chi connectivity index (χ3n) is 3.52. The second kappa shape index (κ2) is 9.44. The van der Waals surface area contributed by atoms with Gasteiger partial charge in [0.2, 0.25) is 0 Å². The molecule has 24 heavy (non-hydrogen) atoms. The molecular formula is C17H22F3NO3. The van der Waals surface area contributed by atoms with Crippen molar-refractivity contribution in [3.63, 3.8) is 0 Å². The summed E-state index contributed by atoms with van der Waals surface area (Å²) in [5.41, 5.74) is 6.47. The second-order valence-electron chi connectivity index (χ2n) is 5.63. The molecule has 0 spiro atoms. The Balaban J connectivity index is 2.28. The summed E-state index contributed by atoms with van der Waals surface area (Å²) < 4.78 is 36.7. The first kappa shape index (κ1) is 20.2. The van der Waals surface area contributed by atoms with Crippen molar-refractivity contribution < 1.29 is 28.2 Å². The Hall–Kier alpha value is -1.86. The molecule has 0 saturated carbocycles. The smallest absolute Gasteiger partial charge is 0.393 e. The molecule has 2 atom stereocenters. The van der Waals surface area contributed by atoms with E-state index in [2.05, 4.69) is 0 Å². The number of halogens is 3. The maximum Gasteiger partial charge on any atom is 0.393 e. The third-order valence-corrected chi connectivity index (χ3v) is 3.52. The van der Waals surface area contributed by atoms with Gasteiger partial charge in [-0.3, -0.25) is 4.79 Å². The van der Waals surface area contributed by atoms with E-state index in [-0.39, 0.29) is 12.0 Å². The van der Waals surface area contributed by atoms with Crippen LogP contribution < -0.4 is 5.73 Å². The number of aliphatic hydroxyl groups excluding tert-OH is 1. The molecule has 1 aromatic carbocycles. The van der Waals surface area contributed by atoms with Crippen LogP contribution in [0.1, 0.15) is 30.4 Å². The zero-order valence-electron chi connectivity index (χ0n) is 13.2. The summed E-state index contributed by atoms with van der Waals surface area (Å²) in [4.78, 5) is 10.6. The first-order valence-electron chi connectivity index (χ1n) is 7.65. The van der Waals surface area contributed by atoms with Gasteiger partial charge < -0.3 is 15.9 Å². The van der Waals surface area contributed by atoms with Crippen molar-refractivity contribution in [3.8, 4) is 0 Å². The molecule has 134 valence electrons. The monoisotopic (exact) mass is 345 g/mol. The van der Waals surface area contributed by atoms with Crippen molar-refractivity contribution >= 4 is 5.97 Å². The van der Waals surface area contributed by atoms with Gasteiger partial charge in [-0.1, -0.05) is 36.4 Å². The Kier molecular flexibility index (Phi) is 7.94. The van der Waals surface area contributed by atoms with Crippen LogP contribution in [-0.2, 0) is 17.6 Å². The van der Waals surface area contributed by atoms with Crippen LogP contribution in [0, 0.1) is 0 Å². The Morgan fingerprint density at radius 3 is 2.21 bits per heavy atom. The molecular weight excluding hydrogens is 323 g/mol. The fourth-order valence-corrected chi connectivity index (χ4v) is 2.15. The summed E-state index contributed by atoms with van der Waals surface area (Å²) in [5, 5.41) is 18.1. The molecule has 4 nitrogen and oxygen atoms in total. The fraction of sp³-hybridized carbons (Fsp3) is 0.471. The summed E-state index contributed by atoms with van der Waals surface area (Å²) in [6.07, 6.45) is -0.319. The minimum absolute atomic E-state index is 0.241. The summed E-state index contributed by atoms with van der Waals surface area (Å²) in [6.45, 7) is 0. The minimum Gasteiger partial charge on any atom is -0.480 e. The number of alkyl halides is 3. The number of aliphatic carboxylic acids is 1. The number of rotatable bonds is 9. The van der Waals surface area contributed by atoms with Crippen molar-refractivity contribution in [2.75, 3.05) is 0 Å². The SMILES string of the molecule is NC(C(=O)O)C(O)CC/C=C/CCc1ccc(CC(F)(F)F)cc1. The number of allylic oxidation sites excluding steroid dienone is 2. The molecule has 0 saturated heterocycles. The molecule has 0 aliphatic heterocycles. The normalized spacial score (nSPS) is 14.7. The van der Waals surface area contributed by atoms with Crippen molar-refractivity contribution in [2.24, 2.45) is 5.73 Å². The Morgan fingerprint density at radius 2 is 1.67 bits per heavy atom. The molecule has 1 aromatic rings. The zero-order valence-corrected chi connectivity index (χ0v) is 13.2. The molecule has 0 radical (unpaired) electrons. The molecule has 2 unspecified atom stereocenters. The molecule has 4 N–H and O–H groups in total. The first-order chi connectivity index (χ1) is 11.2. The van der Waals surface area contributed by atoms with E-state index in [1.54, 1.807) is 12.1 Å². The highest BCUT2D eigenvalue weighted by Crippen LogP contribution is 2.21. The van der Waals surface area contributed by atoms with Crippen LogP contribution in [0.15, 0.2) is 36.4 Å². The van der Waals surface area contributed by atoms with Crippen LogP contribution in [0.25, 0.3) is 0 Å². The second-order valence-corrected chi connectivity index (χ2v) is 5.63. The van der Waals surface area contributed by atoms with Crippen molar-refractivity contribution in [3.05, 3.63) is 47.5 Å². The van der Waals surface area contributed by atoms with Crippen LogP contribution >= 0.6 is 0 Å². The molecule has 0 amide bonds. The minimum atomic E-state index is -4.20. The Labute approximate surface area is 138 Å². The van der Waals surface area contributed by atoms with Gasteiger partial charge in [0.1, 0.15) is 6.04 Å². The van der Waals surface area contributed by atoms with E-state index in [4.69, 9.17) is 10.8 Å². The van der Waals surface area contributed by atoms with Crippen molar-refractivity contribution in [2.45, 2.75) is 50.4 Å². The Morgan fingerprint density at radius 1 is 1.12 bits per heavy atom. The van der Waals surface area contributed by atoms with E-state index in [1.165, 1.54) is 12.1 Å². The van der Waals surface area contributed by atoms with E-state index >= 15 is 0 Å². The number of benzene rings is 1. The van der Waals surface area contributed by atoms with Crippen LogP contribution in [0.3, 0.4) is 0 Å². The molecule has 0 aliphatic carbocycles. The highest BCUT2D eigenvalue weighted by molar-refractivity contribution is 5.73. The highest BCUT2D eigenvalue weighted by Gasteiger charge is 2.27. The highest BCUT2D eigenvalue weighted by atomic mass is 19.4. The number of aryl methyl sites for hydroxylation is 1. The maximum atomic E-state index is 12.2. The molecule has 1 rings (SSSR count). The van der Waals surface area contributed by atoms with E-state index < -0.39 is 30.7 Å². The van der Waals surface area contributed by atoms with E-state index in [0.717, 1.165) is 5.56 Å². The lowest BCUT2D eigenvalue weighted by Crippen LogP contribution is -2.41. The predicted octanol–water partition coefficient (Wildman–Crippen LogP) is 2.83. The fourth-order valence-electron chi connectivity index (χ4n) is 2.15. The van der Waals surface area contributed by atoms with Gasteiger partial charge in [-0.25, -0.2) is 0 Å². The lowest BCUT2D eigenvalue weighted by Gasteiger charge is -2.13. The number of nitrogens with two attached hydrogens (primary N) is 1. The summed E-state index contributed by atoms with van der Waals surface area (Å²) in [6, 6.07) is 5.05. The van der Waals surface area contributed by atoms with Crippen LogP contribution in [0.4, 0.5) is 13.2 Å². The van der Waals surface area contributed by atoms with E-state index in [0.29, 0.717) is 19.3 Å². The van der Waals surface area contributed by atoms with Crippen LogP contribution in [-0.4, -0.2) is 34.5 Å². The summed E-state index contributed by atoms with van der Waals surface area (Å²) in [7, 11) is 0. The first-order valence-corrected chi connectivity index (χ1v) is 7.65. The largest absolute Gasteiger partial charge is 0.480 e. The van der Waals surface area contributed by atoms with Crippen LogP contribution in [0.5, 0.6) is 0 Å². The number of carbonyl (C=O) groups is 1. The van der Waals surface area contributed by atoms with E-state index in [1.807, 2.05) is 12.2 Å². The summed E-state index contributed by atoms with van der Waals surface area (Å²) >= 11 is 0. The topological polar surface area (TPSA) is 83.6 Å². The number of hydrogen-bond donors (Lipinski definition) is 3. The zero-order chi connectivity index (χ0) is 18.2. The van der Waals surface area contributed by atoms with Gasteiger partial charge in [-0.2, -0.15) is 13.2 Å². The Bertz CT molecular complexity index is 541. The lowest BCUT2D eigenvalue weighted by atomic mass is 10.0.